The number of aliphatic hydroxyl groups is 1. The van der Waals surface area contributed by atoms with Gasteiger partial charge in [0.05, 0.1) is 24.1 Å². The highest BCUT2D eigenvalue weighted by atomic mass is 32.2. The fourth-order valence-electron chi connectivity index (χ4n) is 5.19. The standard InChI is InChI=1S/C20H30N4O5S/c1-9-8-23(5-4-21-9)18(26)13-6-12(7-22-13)30-17-10(2)15-14(11(3)25)19(27)24(15)16(17)20(28)29/h9-15,21-22,25H,4-8H2,1-3H3,(H,28,29)/t9?,10-,11-,12+,13+,14-,15-/m1/s1. The van der Waals surface area contributed by atoms with E-state index in [2.05, 4.69) is 17.6 Å². The Balaban J connectivity index is 1.45. The third-order valence-corrected chi connectivity index (χ3v) is 8.19. The summed E-state index contributed by atoms with van der Waals surface area (Å²) in [6, 6.07) is -0.289. The van der Waals surface area contributed by atoms with Crippen molar-refractivity contribution in [3.05, 3.63) is 10.6 Å². The number of nitrogens with zero attached hydrogens (tertiary/aromatic N) is 2. The molecule has 4 aliphatic heterocycles. The molecule has 0 spiro atoms. The minimum Gasteiger partial charge on any atom is -0.477 e. The number of fused-ring (bicyclic) bond motifs is 1. The predicted molar refractivity (Wildman–Crippen MR) is 111 cm³/mol. The molecule has 0 aromatic rings. The lowest BCUT2D eigenvalue weighted by Crippen LogP contribution is -2.63. The van der Waals surface area contributed by atoms with Crippen LogP contribution in [0.2, 0.25) is 0 Å². The normalized spacial score (nSPS) is 37.3. The first-order valence-corrected chi connectivity index (χ1v) is 11.5. The van der Waals surface area contributed by atoms with Crippen molar-refractivity contribution in [2.45, 2.75) is 56.7 Å². The van der Waals surface area contributed by atoms with E-state index in [1.807, 2.05) is 11.8 Å². The zero-order chi connectivity index (χ0) is 21.7. The van der Waals surface area contributed by atoms with Crippen LogP contribution in [0, 0.1) is 11.8 Å². The Morgan fingerprint density at radius 2 is 2.00 bits per heavy atom. The summed E-state index contributed by atoms with van der Waals surface area (Å²) in [6.45, 7) is 8.36. The predicted octanol–water partition coefficient (Wildman–Crippen LogP) is -0.576. The molecule has 0 aromatic heterocycles. The molecule has 2 amide bonds. The highest BCUT2D eigenvalue weighted by Crippen LogP contribution is 2.51. The van der Waals surface area contributed by atoms with Crippen LogP contribution < -0.4 is 10.6 Å². The van der Waals surface area contributed by atoms with Crippen molar-refractivity contribution < 1.29 is 24.6 Å². The Bertz CT molecular complexity index is 787. The van der Waals surface area contributed by atoms with Crippen molar-refractivity contribution >= 4 is 29.5 Å². The van der Waals surface area contributed by atoms with Gasteiger partial charge in [0.2, 0.25) is 11.8 Å². The molecule has 4 aliphatic rings. The molecule has 0 radical (unpaired) electrons. The number of β-lactam (4-membered cyclic amide) rings is 1. The van der Waals surface area contributed by atoms with Crippen molar-refractivity contribution in [3.63, 3.8) is 0 Å². The zero-order valence-electron chi connectivity index (χ0n) is 17.5. The third-order valence-electron chi connectivity index (χ3n) is 6.67. The number of carboxylic acid groups (broad SMARTS) is 1. The SMILES string of the molecule is CC1CN(C(=O)[C@@H]2C[C@H](SC3=C(C(=O)O)N4C(=O)[C@H]([C@@H](C)O)[C@H]4[C@H]3C)CN2)CCN1. The van der Waals surface area contributed by atoms with E-state index >= 15 is 0 Å². The number of hydrogen-bond donors (Lipinski definition) is 4. The van der Waals surface area contributed by atoms with E-state index in [-0.39, 0.29) is 46.8 Å². The molecule has 166 valence electrons. The van der Waals surface area contributed by atoms with Crippen LogP contribution in [0.15, 0.2) is 10.6 Å². The van der Waals surface area contributed by atoms with Crippen LogP contribution in [0.25, 0.3) is 0 Å². The number of carbonyl (C=O) groups is 3. The number of carboxylic acids is 1. The van der Waals surface area contributed by atoms with Crippen LogP contribution >= 0.6 is 11.8 Å². The lowest BCUT2D eigenvalue weighted by Gasteiger charge is -2.46. The average Bonchev–Trinajstić information content (AvgIpc) is 3.23. The van der Waals surface area contributed by atoms with E-state index in [0.717, 1.165) is 6.54 Å². The number of aliphatic hydroxyl groups excluding tert-OH is 1. The third kappa shape index (κ3) is 3.53. The summed E-state index contributed by atoms with van der Waals surface area (Å²) < 4.78 is 0. The molecule has 1 unspecified atom stereocenters. The Kier molecular flexibility index (Phi) is 5.86. The molecule has 0 saturated carbocycles. The lowest BCUT2D eigenvalue weighted by atomic mass is 9.79. The molecule has 4 N–H and O–H groups in total. The van der Waals surface area contributed by atoms with Gasteiger partial charge in [0.25, 0.3) is 0 Å². The van der Waals surface area contributed by atoms with Gasteiger partial charge in [-0.25, -0.2) is 4.79 Å². The summed E-state index contributed by atoms with van der Waals surface area (Å²) in [4.78, 5) is 41.2. The van der Waals surface area contributed by atoms with Gasteiger partial charge in [-0.1, -0.05) is 6.92 Å². The second-order valence-electron chi connectivity index (χ2n) is 8.85. The molecule has 10 heteroatoms. The van der Waals surface area contributed by atoms with Gasteiger partial charge >= 0.3 is 5.97 Å². The maximum Gasteiger partial charge on any atom is 0.353 e. The van der Waals surface area contributed by atoms with E-state index in [9.17, 15) is 24.6 Å². The molecule has 3 saturated heterocycles. The summed E-state index contributed by atoms with van der Waals surface area (Å²) in [5.74, 6) is -2.04. The van der Waals surface area contributed by atoms with Crippen molar-refractivity contribution in [3.8, 4) is 0 Å². The van der Waals surface area contributed by atoms with Crippen LogP contribution in [0.5, 0.6) is 0 Å². The molecule has 0 bridgehead atoms. The second-order valence-corrected chi connectivity index (χ2v) is 10.2. The Hall–Kier alpha value is -1.62. The van der Waals surface area contributed by atoms with E-state index in [0.29, 0.717) is 31.0 Å². The molecule has 0 aromatic carbocycles. The largest absolute Gasteiger partial charge is 0.477 e. The highest BCUT2D eigenvalue weighted by Gasteiger charge is 2.60. The Morgan fingerprint density at radius 1 is 1.27 bits per heavy atom. The van der Waals surface area contributed by atoms with Gasteiger partial charge in [-0.15, -0.1) is 11.8 Å². The fourth-order valence-corrected chi connectivity index (χ4v) is 6.67. The van der Waals surface area contributed by atoms with Gasteiger partial charge in [0.1, 0.15) is 5.70 Å². The van der Waals surface area contributed by atoms with Gasteiger partial charge in [-0.2, -0.15) is 0 Å². The molecular formula is C20H30N4O5S. The first-order chi connectivity index (χ1) is 14.2. The van der Waals surface area contributed by atoms with Crippen LogP contribution in [-0.4, -0.2) is 93.5 Å². The van der Waals surface area contributed by atoms with Crippen LogP contribution in [-0.2, 0) is 14.4 Å². The quantitative estimate of drug-likeness (QED) is 0.421. The van der Waals surface area contributed by atoms with E-state index < -0.39 is 18.0 Å². The molecule has 3 fully saturated rings. The second kappa shape index (κ2) is 8.14. The Morgan fingerprint density at radius 3 is 2.63 bits per heavy atom. The number of hydrogen-bond acceptors (Lipinski definition) is 7. The summed E-state index contributed by atoms with van der Waals surface area (Å²) in [5, 5.41) is 26.4. The monoisotopic (exact) mass is 438 g/mol. The summed E-state index contributed by atoms with van der Waals surface area (Å²) in [7, 11) is 0. The first kappa shape index (κ1) is 21.6. The fraction of sp³-hybridized carbons (Fsp3) is 0.750. The van der Waals surface area contributed by atoms with Gasteiger partial charge < -0.3 is 30.6 Å². The molecule has 0 aliphatic carbocycles. The number of nitrogens with one attached hydrogen (secondary N) is 2. The van der Waals surface area contributed by atoms with Gasteiger partial charge in [0.15, 0.2) is 0 Å². The lowest BCUT2D eigenvalue weighted by molar-refractivity contribution is -0.163. The molecule has 4 rings (SSSR count). The van der Waals surface area contributed by atoms with E-state index in [1.54, 1.807) is 6.92 Å². The first-order valence-electron chi connectivity index (χ1n) is 10.6. The number of piperazine rings is 1. The smallest absolute Gasteiger partial charge is 0.353 e. The summed E-state index contributed by atoms with van der Waals surface area (Å²) >= 11 is 1.47. The summed E-state index contributed by atoms with van der Waals surface area (Å²) in [6.07, 6.45) is -0.180. The molecule has 9 nitrogen and oxygen atoms in total. The van der Waals surface area contributed by atoms with Crippen molar-refractivity contribution in [2.24, 2.45) is 11.8 Å². The Labute approximate surface area is 180 Å². The van der Waals surface area contributed by atoms with Crippen LogP contribution in [0.4, 0.5) is 0 Å². The maximum absolute atomic E-state index is 12.9. The number of amides is 2. The molecular weight excluding hydrogens is 408 g/mol. The topological polar surface area (TPSA) is 122 Å². The molecule has 4 heterocycles. The average molecular weight is 439 g/mol. The minimum atomic E-state index is -1.11. The zero-order valence-corrected chi connectivity index (χ0v) is 18.3. The van der Waals surface area contributed by atoms with Crippen molar-refractivity contribution in [1.82, 2.24) is 20.4 Å². The highest BCUT2D eigenvalue weighted by molar-refractivity contribution is 8.03. The van der Waals surface area contributed by atoms with Gasteiger partial charge in [0, 0.05) is 48.3 Å². The summed E-state index contributed by atoms with van der Waals surface area (Å²) in [5.41, 5.74) is 0.0464. The van der Waals surface area contributed by atoms with Crippen molar-refractivity contribution in [2.75, 3.05) is 26.2 Å². The van der Waals surface area contributed by atoms with Crippen LogP contribution in [0.1, 0.15) is 27.2 Å². The number of thioether (sulfide) groups is 1. The van der Waals surface area contributed by atoms with E-state index in [4.69, 9.17) is 0 Å². The number of aliphatic carboxylic acids is 1. The molecule has 30 heavy (non-hydrogen) atoms. The van der Waals surface area contributed by atoms with Gasteiger partial charge in [-0.05, 0) is 20.3 Å². The number of carbonyl (C=O) groups excluding carboxylic acids is 2. The maximum atomic E-state index is 12.9. The van der Waals surface area contributed by atoms with Crippen molar-refractivity contribution in [1.29, 1.82) is 0 Å². The van der Waals surface area contributed by atoms with Gasteiger partial charge in [-0.3, -0.25) is 9.59 Å². The van der Waals surface area contributed by atoms with Crippen LogP contribution in [0.3, 0.4) is 0 Å². The number of rotatable bonds is 5. The van der Waals surface area contributed by atoms with E-state index in [1.165, 1.54) is 16.7 Å². The molecule has 7 atom stereocenters. The minimum absolute atomic E-state index is 0.0464.